The van der Waals surface area contributed by atoms with Crippen LogP contribution in [-0.2, 0) is 0 Å². The van der Waals surface area contributed by atoms with E-state index in [0.717, 1.165) is 0 Å². The first-order valence-corrected chi connectivity index (χ1v) is 2.13. The molecule has 0 aliphatic rings. The summed E-state index contributed by atoms with van der Waals surface area (Å²) in [6, 6.07) is 0. The van der Waals surface area contributed by atoms with E-state index in [1.165, 1.54) is 0 Å². The van der Waals surface area contributed by atoms with Gasteiger partial charge in [-0.05, 0) is 0 Å². The minimum atomic E-state index is 0.649. The molecule has 0 spiro atoms. The maximum absolute atomic E-state index is 7.37. The van der Waals surface area contributed by atoms with Gasteiger partial charge in [0.2, 0.25) is 0 Å². The third kappa shape index (κ3) is 2.13. The molecule has 0 bridgehead atoms. The van der Waals surface area contributed by atoms with E-state index in [4.69, 9.17) is 5.53 Å². The van der Waals surface area contributed by atoms with E-state index < -0.39 is 0 Å². The molecule has 0 aliphatic carbocycles. The van der Waals surface area contributed by atoms with Gasteiger partial charge in [0.15, 0.2) is 0 Å². The number of nitrogens with zero attached hydrogens (tertiary/aromatic N) is 3. The second-order valence-corrected chi connectivity index (χ2v) is 0.864. The third-order valence-corrected chi connectivity index (χ3v) is 0.346. The van der Waals surface area contributed by atoms with Gasteiger partial charge in [0.1, 0.15) is 0 Å². The first-order valence-electron chi connectivity index (χ1n) is 0.658. The van der Waals surface area contributed by atoms with Crippen molar-refractivity contribution in [3.05, 3.63) is 10.4 Å². The molecule has 3 nitrogen and oxygen atoms in total. The quantitative estimate of drug-likeness (QED) is 0.208. The van der Waals surface area contributed by atoms with E-state index in [9.17, 15) is 0 Å². The van der Waals surface area contributed by atoms with Crippen molar-refractivity contribution in [3.8, 4) is 0 Å². The van der Waals surface area contributed by atoms with Crippen LogP contribution in [0.25, 0.3) is 10.4 Å². The molecule has 0 aliphatic heterocycles. The second kappa shape index (κ2) is 3.13. The summed E-state index contributed by atoms with van der Waals surface area (Å²) in [7, 11) is 0. The maximum atomic E-state index is 7.37. The molecule has 0 amide bonds. The number of rotatable bonds is 0. The Kier molecular flexibility index (Phi) is 3.23. The average Bonchev–Trinajstić information content (AvgIpc) is 1.37. The van der Waals surface area contributed by atoms with Gasteiger partial charge in [-0.2, -0.15) is 0 Å². The molecule has 0 aromatic heterocycles. The van der Waals surface area contributed by atoms with Gasteiger partial charge in [-0.1, -0.05) is 0 Å². The molecule has 0 unspecified atom stereocenters. The molecule has 22 valence electrons. The van der Waals surface area contributed by atoms with E-state index in [-0.39, 0.29) is 0 Å². The van der Waals surface area contributed by atoms with Crippen LogP contribution in [0.15, 0.2) is 3.27 Å². The molecule has 0 aromatic rings. The Hall–Kier alpha value is 0.128. The first kappa shape index (κ1) is 4.13. The van der Waals surface area contributed by atoms with Crippen molar-refractivity contribution in [1.82, 2.24) is 0 Å². The van der Waals surface area contributed by atoms with Crippen LogP contribution in [0.2, 0.25) is 0 Å². The standard InChI is InChI=1S/N3.Sb.2H/c1-3-2;;;/q-1;+1;;. The fourth-order valence-electron chi connectivity index (χ4n) is 0. The fourth-order valence-corrected chi connectivity index (χ4v) is 0. The number of hydrogen-bond donors (Lipinski definition) is 0. The molecular weight excluding hydrogens is 164 g/mol. The molecule has 0 radical (unpaired) electrons. The summed E-state index contributed by atoms with van der Waals surface area (Å²) in [4.78, 5) is 2.42. The van der Waals surface area contributed by atoms with E-state index in [1.54, 1.807) is 0 Å². The van der Waals surface area contributed by atoms with Crippen molar-refractivity contribution in [1.29, 1.82) is 0 Å². The van der Waals surface area contributed by atoms with E-state index in [2.05, 4.69) is 8.19 Å². The van der Waals surface area contributed by atoms with E-state index >= 15 is 0 Å². The van der Waals surface area contributed by atoms with Crippen LogP contribution in [0.1, 0.15) is 0 Å². The van der Waals surface area contributed by atoms with E-state index in [0.29, 0.717) is 23.3 Å². The van der Waals surface area contributed by atoms with Crippen LogP contribution < -0.4 is 0 Å². The SMILES string of the molecule is [N-]=[N+]=[N][SbH2]. The Morgan fingerprint density at radius 3 is 2.25 bits per heavy atom. The van der Waals surface area contributed by atoms with Crippen LogP contribution in [0.5, 0.6) is 0 Å². The summed E-state index contributed by atoms with van der Waals surface area (Å²) < 4.78 is 3.05. The Morgan fingerprint density at radius 1 is 2.00 bits per heavy atom. The van der Waals surface area contributed by atoms with E-state index in [1.807, 2.05) is 0 Å². The zero-order chi connectivity index (χ0) is 3.41. The zero-order valence-corrected chi connectivity index (χ0v) is 5.21. The van der Waals surface area contributed by atoms with Gasteiger partial charge in [0.05, 0.1) is 0 Å². The zero-order valence-electron chi connectivity index (χ0n) is 1.92. The molecular formula is H2N3Sb. The van der Waals surface area contributed by atoms with Gasteiger partial charge in [-0.15, -0.1) is 0 Å². The summed E-state index contributed by atoms with van der Waals surface area (Å²) in [5, 5.41) is 0. The van der Waals surface area contributed by atoms with Crippen molar-refractivity contribution in [2.45, 2.75) is 0 Å². The molecule has 0 atom stereocenters. The molecule has 0 N–H and O–H groups in total. The predicted octanol–water partition coefficient (Wildman–Crippen LogP) is -0.155. The van der Waals surface area contributed by atoms with Crippen LogP contribution in [0.3, 0.4) is 0 Å². The molecule has 4 heavy (non-hydrogen) atoms. The third-order valence-electron chi connectivity index (χ3n) is 0.0516. The Labute approximate surface area is 37.5 Å². The summed E-state index contributed by atoms with van der Waals surface area (Å²) in [6.07, 6.45) is 0. The monoisotopic (exact) mass is 165 g/mol. The first-order chi connectivity index (χ1) is 1.91. The summed E-state index contributed by atoms with van der Waals surface area (Å²) in [5.41, 5.74) is 7.37. The molecule has 0 saturated carbocycles. The Bertz CT molecular complexity index is 41.2. The van der Waals surface area contributed by atoms with Crippen molar-refractivity contribution in [2.24, 2.45) is 3.27 Å². The molecule has 0 saturated heterocycles. The van der Waals surface area contributed by atoms with Crippen LogP contribution >= 0.6 is 0 Å². The Balaban J connectivity index is 3.11. The summed E-state index contributed by atoms with van der Waals surface area (Å²) in [6.45, 7) is 0. The van der Waals surface area contributed by atoms with Crippen LogP contribution in [-0.4, -0.2) is 23.3 Å². The van der Waals surface area contributed by atoms with Gasteiger partial charge < -0.3 is 0 Å². The Morgan fingerprint density at radius 2 is 2.25 bits per heavy atom. The van der Waals surface area contributed by atoms with Crippen molar-refractivity contribution >= 4 is 23.3 Å². The van der Waals surface area contributed by atoms with Gasteiger partial charge in [0.25, 0.3) is 0 Å². The van der Waals surface area contributed by atoms with Crippen LogP contribution in [0.4, 0.5) is 0 Å². The fraction of sp³-hybridized carbons (Fsp3) is 0. The van der Waals surface area contributed by atoms with Crippen molar-refractivity contribution in [3.63, 3.8) is 0 Å². The topological polar surface area (TPSA) is 48.8 Å². The summed E-state index contributed by atoms with van der Waals surface area (Å²) >= 11 is 0.649. The van der Waals surface area contributed by atoms with Gasteiger partial charge in [0, 0.05) is 0 Å². The minimum absolute atomic E-state index is 0.649. The van der Waals surface area contributed by atoms with Crippen LogP contribution in [0, 0.1) is 0 Å². The molecule has 0 fully saturated rings. The second-order valence-electron chi connectivity index (χ2n) is 0.205. The average molecular weight is 166 g/mol. The molecule has 0 aromatic carbocycles. The van der Waals surface area contributed by atoms with Gasteiger partial charge >= 0.3 is 37.0 Å². The van der Waals surface area contributed by atoms with Gasteiger partial charge in [-0.3, -0.25) is 0 Å². The van der Waals surface area contributed by atoms with Gasteiger partial charge in [-0.25, -0.2) is 0 Å². The molecule has 0 rings (SSSR count). The normalized spacial score (nSPS) is 4.25. The van der Waals surface area contributed by atoms with Crippen molar-refractivity contribution < 1.29 is 0 Å². The predicted molar refractivity (Wildman–Crippen MR) is 17.7 cm³/mol. The number of azide groups is 1. The molecule has 0 heterocycles. The van der Waals surface area contributed by atoms with Crippen molar-refractivity contribution in [2.75, 3.05) is 0 Å². The summed E-state index contributed by atoms with van der Waals surface area (Å²) in [5.74, 6) is 0. The molecule has 4 heteroatoms. The number of hydrogen-bond acceptors (Lipinski definition) is 1.